The van der Waals surface area contributed by atoms with Crippen molar-refractivity contribution in [1.29, 1.82) is 0 Å². The molecule has 2 bridgehead atoms. The van der Waals surface area contributed by atoms with Gasteiger partial charge in [0.2, 0.25) is 11.8 Å². The van der Waals surface area contributed by atoms with Crippen LogP contribution in [0.1, 0.15) is 83.8 Å². The smallest absolute Gasteiger partial charge is 0.264 e. The third-order valence-corrected chi connectivity index (χ3v) is 10.3. The molecule has 2 aromatic carbocycles. The van der Waals surface area contributed by atoms with Gasteiger partial charge in [0.05, 0.1) is 31.0 Å². The molecule has 5 aliphatic rings. The van der Waals surface area contributed by atoms with Crippen LogP contribution in [0.5, 0.6) is 11.5 Å². The molecule has 2 aromatic rings. The van der Waals surface area contributed by atoms with Gasteiger partial charge in [0.15, 0.2) is 11.5 Å². The molecule has 7 rings (SSSR count). The topological polar surface area (TPSA) is 99.7 Å². The van der Waals surface area contributed by atoms with Gasteiger partial charge in [-0.3, -0.25) is 24.1 Å². The van der Waals surface area contributed by atoms with Gasteiger partial charge in [-0.2, -0.15) is 0 Å². The number of carbonyl (C=O) groups excluding carboxylic acids is 4. The van der Waals surface area contributed by atoms with E-state index in [9.17, 15) is 19.2 Å². The number of anilines is 1. The van der Waals surface area contributed by atoms with Gasteiger partial charge in [-0.25, -0.2) is 0 Å². The predicted octanol–water partition coefficient (Wildman–Crippen LogP) is 4.24. The van der Waals surface area contributed by atoms with Crippen molar-refractivity contribution >= 4 is 29.3 Å². The van der Waals surface area contributed by atoms with Crippen molar-refractivity contribution in [1.82, 2.24) is 14.7 Å². The Bertz CT molecular complexity index is 1510. The van der Waals surface area contributed by atoms with Crippen molar-refractivity contribution in [2.45, 2.75) is 63.6 Å². The molecule has 5 aliphatic heterocycles. The van der Waals surface area contributed by atoms with Gasteiger partial charge < -0.3 is 24.2 Å². The molecular formula is C34H40N4O6. The van der Waals surface area contributed by atoms with Crippen LogP contribution in [0.3, 0.4) is 0 Å². The van der Waals surface area contributed by atoms with Crippen molar-refractivity contribution in [3.05, 3.63) is 53.1 Å². The van der Waals surface area contributed by atoms with Crippen molar-refractivity contribution in [2.24, 2.45) is 11.8 Å². The van der Waals surface area contributed by atoms with Gasteiger partial charge in [0.1, 0.15) is 6.17 Å². The zero-order chi connectivity index (χ0) is 30.5. The van der Waals surface area contributed by atoms with Crippen LogP contribution in [-0.2, 0) is 9.59 Å². The van der Waals surface area contributed by atoms with Crippen molar-refractivity contribution < 1.29 is 28.7 Å². The van der Waals surface area contributed by atoms with Gasteiger partial charge in [0.25, 0.3) is 11.8 Å². The molecule has 0 N–H and O–H groups in total. The van der Waals surface area contributed by atoms with E-state index in [1.54, 1.807) is 21.9 Å². The van der Waals surface area contributed by atoms with Crippen molar-refractivity contribution in [2.75, 3.05) is 45.3 Å². The maximum Gasteiger partial charge on any atom is 0.264 e. The second-order valence-corrected chi connectivity index (χ2v) is 12.8. The van der Waals surface area contributed by atoms with E-state index in [-0.39, 0.29) is 17.7 Å². The second kappa shape index (κ2) is 11.4. The van der Waals surface area contributed by atoms with E-state index in [0.717, 1.165) is 57.3 Å². The van der Waals surface area contributed by atoms with E-state index >= 15 is 0 Å². The molecule has 0 spiro atoms. The number of rotatable bonds is 8. The first-order valence-corrected chi connectivity index (χ1v) is 16.0. The van der Waals surface area contributed by atoms with Crippen LogP contribution in [0.25, 0.3) is 0 Å². The third kappa shape index (κ3) is 4.61. The van der Waals surface area contributed by atoms with Crippen LogP contribution in [0, 0.1) is 11.8 Å². The Balaban J connectivity index is 1.01. The summed E-state index contributed by atoms with van der Waals surface area (Å²) in [5.41, 5.74) is 2.24. The Hall–Kier alpha value is -4.08. The molecule has 3 fully saturated rings. The lowest BCUT2D eigenvalue weighted by molar-refractivity contribution is -0.148. The number of hydrogen-bond donors (Lipinski definition) is 0. The SMILES string of the molecule is COc1ccc2c(c1OC)C(=O)N1c3ccccc3C(=O)N(CCCCCC(=O)N3CC4CC(C3)C3CCCC(=O)N3C4)C21. The number of likely N-dealkylation sites (tertiary alicyclic amines) is 1. The third-order valence-electron chi connectivity index (χ3n) is 10.3. The van der Waals surface area contributed by atoms with Gasteiger partial charge >= 0.3 is 0 Å². The Morgan fingerprint density at radius 2 is 1.77 bits per heavy atom. The van der Waals surface area contributed by atoms with Gasteiger partial charge in [-0.15, -0.1) is 0 Å². The number of para-hydroxylation sites is 1. The lowest BCUT2D eigenvalue weighted by atomic mass is 9.76. The van der Waals surface area contributed by atoms with Crippen LogP contribution < -0.4 is 14.4 Å². The van der Waals surface area contributed by atoms with E-state index in [1.807, 2.05) is 29.2 Å². The van der Waals surface area contributed by atoms with Crippen LogP contribution in [0.4, 0.5) is 5.69 Å². The zero-order valence-electron chi connectivity index (χ0n) is 25.5. The minimum Gasteiger partial charge on any atom is -0.493 e. The summed E-state index contributed by atoms with van der Waals surface area (Å²) in [4.78, 5) is 61.0. The maximum absolute atomic E-state index is 13.9. The Morgan fingerprint density at radius 1 is 0.932 bits per heavy atom. The molecule has 4 amide bonds. The number of unbranched alkanes of at least 4 members (excludes halogenated alkanes) is 2. The molecule has 0 radical (unpaired) electrons. The fraction of sp³-hybridized carbons (Fsp3) is 0.529. The molecule has 10 nitrogen and oxygen atoms in total. The standard InChI is InChI=1S/C34H40N4O6/c1-43-27-15-14-24-30(31(27)44-2)34(42)38-26-10-6-5-9-23(26)33(41)36(32(24)38)16-7-3-4-12-28(39)35-18-21-17-22(20-35)25-11-8-13-29(40)37(25)19-21/h5-6,9-10,14-15,21-22,25,32H,3-4,7-8,11-13,16-20H2,1-2H3. The van der Waals surface area contributed by atoms with E-state index < -0.39 is 6.17 Å². The van der Waals surface area contributed by atoms with E-state index in [4.69, 9.17) is 9.47 Å². The van der Waals surface area contributed by atoms with Crippen LogP contribution >= 0.6 is 0 Å². The summed E-state index contributed by atoms with van der Waals surface area (Å²) in [6, 6.07) is 11.2. The Morgan fingerprint density at radius 3 is 2.59 bits per heavy atom. The summed E-state index contributed by atoms with van der Waals surface area (Å²) in [5, 5.41) is 0. The number of carbonyl (C=O) groups is 4. The van der Waals surface area contributed by atoms with E-state index in [2.05, 4.69) is 4.90 Å². The summed E-state index contributed by atoms with van der Waals surface area (Å²) in [7, 11) is 3.05. The van der Waals surface area contributed by atoms with Gasteiger partial charge in [-0.1, -0.05) is 24.6 Å². The highest BCUT2D eigenvalue weighted by atomic mass is 16.5. The molecule has 4 unspecified atom stereocenters. The molecule has 5 heterocycles. The first-order valence-electron chi connectivity index (χ1n) is 16.0. The number of ether oxygens (including phenoxy) is 2. The van der Waals surface area contributed by atoms with Gasteiger partial charge in [-0.05, 0) is 62.1 Å². The summed E-state index contributed by atoms with van der Waals surface area (Å²) >= 11 is 0. The summed E-state index contributed by atoms with van der Waals surface area (Å²) < 4.78 is 11.1. The average Bonchev–Trinajstić information content (AvgIpc) is 3.34. The minimum atomic E-state index is -0.569. The predicted molar refractivity (Wildman–Crippen MR) is 163 cm³/mol. The highest BCUT2D eigenvalue weighted by Gasteiger charge is 2.49. The average molecular weight is 601 g/mol. The van der Waals surface area contributed by atoms with Crippen LogP contribution in [-0.4, -0.2) is 84.8 Å². The largest absolute Gasteiger partial charge is 0.493 e. The number of fused-ring (bicyclic) bond motifs is 9. The highest BCUT2D eigenvalue weighted by Crippen LogP contribution is 2.49. The summed E-state index contributed by atoms with van der Waals surface area (Å²) in [5.74, 6) is 1.77. The van der Waals surface area contributed by atoms with Crippen LogP contribution in [0.2, 0.25) is 0 Å². The molecule has 3 saturated heterocycles. The second-order valence-electron chi connectivity index (χ2n) is 12.8. The molecule has 0 saturated carbocycles. The highest BCUT2D eigenvalue weighted by molar-refractivity contribution is 6.18. The zero-order valence-corrected chi connectivity index (χ0v) is 25.5. The Kier molecular flexibility index (Phi) is 7.46. The normalized spacial score (nSPS) is 25.4. The first-order chi connectivity index (χ1) is 21.4. The number of benzene rings is 2. The number of piperidine rings is 3. The fourth-order valence-corrected chi connectivity index (χ4v) is 8.36. The molecule has 0 aliphatic carbocycles. The van der Waals surface area contributed by atoms with Crippen molar-refractivity contribution in [3.63, 3.8) is 0 Å². The number of nitrogens with zero attached hydrogens (tertiary/aromatic N) is 4. The monoisotopic (exact) mass is 600 g/mol. The molecule has 44 heavy (non-hydrogen) atoms. The molecule has 4 atom stereocenters. The first kappa shape index (κ1) is 28.7. The van der Waals surface area contributed by atoms with Gasteiger partial charge in [0, 0.05) is 50.6 Å². The molecule has 232 valence electrons. The molecule has 0 aromatic heterocycles. The van der Waals surface area contributed by atoms with E-state index in [1.165, 1.54) is 14.2 Å². The fourth-order valence-electron chi connectivity index (χ4n) is 8.36. The lowest BCUT2D eigenvalue weighted by Crippen LogP contribution is -2.61. The molecule has 10 heteroatoms. The quantitative estimate of drug-likeness (QED) is 0.421. The Labute approximate surface area is 257 Å². The summed E-state index contributed by atoms with van der Waals surface area (Å²) in [6.07, 6.45) is 5.96. The number of amides is 4. The van der Waals surface area contributed by atoms with E-state index in [0.29, 0.717) is 77.9 Å². The number of methoxy groups -OCH3 is 2. The molecular weight excluding hydrogens is 560 g/mol. The minimum absolute atomic E-state index is 0.108. The lowest BCUT2D eigenvalue weighted by Gasteiger charge is -2.52. The number of hydrogen-bond acceptors (Lipinski definition) is 6. The van der Waals surface area contributed by atoms with Crippen LogP contribution in [0.15, 0.2) is 36.4 Å². The van der Waals surface area contributed by atoms with Crippen molar-refractivity contribution in [3.8, 4) is 11.5 Å². The summed E-state index contributed by atoms with van der Waals surface area (Å²) in [6.45, 7) is 2.75. The maximum atomic E-state index is 13.9.